The number of ether oxygens (including phenoxy) is 1. The first-order valence-corrected chi connectivity index (χ1v) is 6.72. The lowest BCUT2D eigenvalue weighted by Crippen LogP contribution is -2.36. The topological polar surface area (TPSA) is 82.1 Å². The summed E-state index contributed by atoms with van der Waals surface area (Å²) in [5, 5.41) is 8.70. The Labute approximate surface area is 129 Å². The molecule has 0 aliphatic rings. The van der Waals surface area contributed by atoms with Gasteiger partial charge in [0.25, 0.3) is 0 Å². The molecule has 1 aromatic carbocycles. The van der Waals surface area contributed by atoms with E-state index < -0.39 is 6.09 Å². The van der Waals surface area contributed by atoms with Crippen LogP contribution in [0.15, 0.2) is 36.9 Å². The Balaban J connectivity index is 2.37. The summed E-state index contributed by atoms with van der Waals surface area (Å²) < 4.78 is 5.16. The fraction of sp³-hybridized carbons (Fsp3) is 0.333. The molecule has 0 radical (unpaired) electrons. The number of hydrogen-bond acceptors (Lipinski definition) is 5. The van der Waals surface area contributed by atoms with Gasteiger partial charge >= 0.3 is 6.09 Å². The van der Waals surface area contributed by atoms with Gasteiger partial charge in [0.05, 0.1) is 5.69 Å². The zero-order chi connectivity index (χ0) is 16.5. The van der Waals surface area contributed by atoms with Crippen molar-refractivity contribution in [3.63, 3.8) is 0 Å². The number of nitrogens with one attached hydrogen (secondary N) is 1. The lowest BCUT2D eigenvalue weighted by Gasteiger charge is -2.21. The SMILES string of the molecule is C=CC(=O)N(C)CCN(C)C(=O)OCc1ccc(NO)cc1. The first-order chi connectivity index (χ1) is 10.5. The molecule has 22 heavy (non-hydrogen) atoms. The highest BCUT2D eigenvalue weighted by atomic mass is 16.6. The summed E-state index contributed by atoms with van der Waals surface area (Å²) in [6.07, 6.45) is 0.757. The van der Waals surface area contributed by atoms with E-state index in [1.807, 2.05) is 5.48 Å². The second-order valence-electron chi connectivity index (χ2n) is 4.75. The second-order valence-corrected chi connectivity index (χ2v) is 4.75. The quantitative estimate of drug-likeness (QED) is 0.592. The number of anilines is 1. The maximum absolute atomic E-state index is 11.8. The van der Waals surface area contributed by atoms with Crippen LogP contribution in [0.3, 0.4) is 0 Å². The van der Waals surface area contributed by atoms with E-state index in [-0.39, 0.29) is 12.5 Å². The summed E-state index contributed by atoms with van der Waals surface area (Å²) in [6, 6.07) is 6.82. The highest BCUT2D eigenvalue weighted by molar-refractivity contribution is 5.86. The van der Waals surface area contributed by atoms with E-state index in [0.717, 1.165) is 5.56 Å². The molecule has 0 atom stereocenters. The summed E-state index contributed by atoms with van der Waals surface area (Å²) in [5.74, 6) is -0.195. The Hall–Kier alpha value is -2.54. The van der Waals surface area contributed by atoms with E-state index in [1.165, 1.54) is 15.9 Å². The van der Waals surface area contributed by atoms with Gasteiger partial charge in [-0.1, -0.05) is 18.7 Å². The maximum atomic E-state index is 11.8. The highest BCUT2D eigenvalue weighted by Crippen LogP contribution is 2.09. The lowest BCUT2D eigenvalue weighted by atomic mass is 10.2. The Kier molecular flexibility index (Phi) is 6.91. The van der Waals surface area contributed by atoms with E-state index in [1.54, 1.807) is 38.4 Å². The Morgan fingerprint density at radius 1 is 1.23 bits per heavy atom. The summed E-state index contributed by atoms with van der Waals surface area (Å²) in [7, 11) is 3.24. The predicted molar refractivity (Wildman–Crippen MR) is 82.5 cm³/mol. The first kappa shape index (κ1) is 17.5. The van der Waals surface area contributed by atoms with Crippen molar-refractivity contribution in [1.29, 1.82) is 0 Å². The Morgan fingerprint density at radius 2 is 1.82 bits per heavy atom. The summed E-state index contributed by atoms with van der Waals surface area (Å²) in [5.41, 5.74) is 3.39. The van der Waals surface area contributed by atoms with E-state index in [0.29, 0.717) is 18.8 Å². The molecule has 0 saturated heterocycles. The molecule has 0 aliphatic heterocycles. The van der Waals surface area contributed by atoms with Gasteiger partial charge in [-0.25, -0.2) is 4.79 Å². The summed E-state index contributed by atoms with van der Waals surface area (Å²) >= 11 is 0. The number of nitrogens with zero attached hydrogens (tertiary/aromatic N) is 2. The molecule has 120 valence electrons. The normalized spacial score (nSPS) is 9.77. The molecule has 0 bridgehead atoms. The van der Waals surface area contributed by atoms with Crippen LogP contribution < -0.4 is 5.48 Å². The van der Waals surface area contributed by atoms with Crippen molar-refractivity contribution in [2.75, 3.05) is 32.7 Å². The van der Waals surface area contributed by atoms with Gasteiger partial charge in [-0.2, -0.15) is 0 Å². The molecule has 2 N–H and O–H groups in total. The van der Waals surface area contributed by atoms with Crippen molar-refractivity contribution in [3.8, 4) is 0 Å². The average Bonchev–Trinajstić information content (AvgIpc) is 2.56. The van der Waals surface area contributed by atoms with E-state index in [4.69, 9.17) is 9.94 Å². The molecule has 2 amide bonds. The molecule has 0 heterocycles. The zero-order valence-corrected chi connectivity index (χ0v) is 12.8. The van der Waals surface area contributed by atoms with Crippen LogP contribution in [-0.2, 0) is 16.1 Å². The fourth-order valence-electron chi connectivity index (χ4n) is 1.59. The number of rotatable bonds is 7. The summed E-state index contributed by atoms with van der Waals surface area (Å²) in [4.78, 5) is 26.0. The van der Waals surface area contributed by atoms with Crippen molar-refractivity contribution < 1.29 is 19.5 Å². The molecule has 0 aliphatic carbocycles. The molecule has 0 saturated carbocycles. The minimum atomic E-state index is -0.469. The monoisotopic (exact) mass is 307 g/mol. The number of hydrogen-bond donors (Lipinski definition) is 2. The molecule has 0 aromatic heterocycles. The van der Waals surface area contributed by atoms with Crippen LogP contribution in [0.2, 0.25) is 0 Å². The van der Waals surface area contributed by atoms with Crippen molar-refractivity contribution in [3.05, 3.63) is 42.5 Å². The number of carbonyl (C=O) groups is 2. The van der Waals surface area contributed by atoms with Crippen molar-refractivity contribution in [1.82, 2.24) is 9.80 Å². The Bertz CT molecular complexity index is 516. The van der Waals surface area contributed by atoms with E-state index in [9.17, 15) is 9.59 Å². The van der Waals surface area contributed by atoms with E-state index in [2.05, 4.69) is 6.58 Å². The smallest absolute Gasteiger partial charge is 0.409 e. The van der Waals surface area contributed by atoms with Crippen LogP contribution in [0.5, 0.6) is 0 Å². The van der Waals surface area contributed by atoms with Crippen LogP contribution in [0.25, 0.3) is 0 Å². The Morgan fingerprint density at radius 3 is 2.36 bits per heavy atom. The van der Waals surface area contributed by atoms with Gasteiger partial charge in [-0.05, 0) is 23.8 Å². The van der Waals surface area contributed by atoms with Crippen LogP contribution in [0.4, 0.5) is 10.5 Å². The fourth-order valence-corrected chi connectivity index (χ4v) is 1.59. The van der Waals surface area contributed by atoms with Crippen LogP contribution in [0, 0.1) is 0 Å². The molecule has 7 nitrogen and oxygen atoms in total. The number of likely N-dealkylation sites (N-methyl/N-ethyl adjacent to an activating group) is 2. The van der Waals surface area contributed by atoms with Crippen LogP contribution in [0.1, 0.15) is 5.56 Å². The third kappa shape index (κ3) is 5.45. The molecular weight excluding hydrogens is 286 g/mol. The van der Waals surface area contributed by atoms with Gasteiger partial charge in [0.15, 0.2) is 0 Å². The largest absolute Gasteiger partial charge is 0.445 e. The average molecular weight is 307 g/mol. The number of carbonyl (C=O) groups excluding carboxylic acids is 2. The standard InChI is InChI=1S/C15H21N3O4/c1-4-14(19)17(2)9-10-18(3)15(20)22-11-12-5-7-13(16-21)8-6-12/h4-8,16,21H,1,9-11H2,2-3H3. The van der Waals surface area contributed by atoms with Gasteiger partial charge in [-0.3, -0.25) is 15.5 Å². The molecular formula is C15H21N3O4. The lowest BCUT2D eigenvalue weighted by molar-refractivity contribution is -0.124. The molecule has 0 unspecified atom stereocenters. The maximum Gasteiger partial charge on any atom is 0.409 e. The highest BCUT2D eigenvalue weighted by Gasteiger charge is 2.12. The first-order valence-electron chi connectivity index (χ1n) is 6.72. The van der Waals surface area contributed by atoms with E-state index >= 15 is 0 Å². The van der Waals surface area contributed by atoms with Crippen LogP contribution in [-0.4, -0.2) is 54.2 Å². The van der Waals surface area contributed by atoms with Crippen LogP contribution >= 0.6 is 0 Å². The van der Waals surface area contributed by atoms with Gasteiger partial charge in [0.2, 0.25) is 5.91 Å². The van der Waals surface area contributed by atoms with Gasteiger partial charge in [0.1, 0.15) is 6.61 Å². The molecule has 7 heteroatoms. The number of amides is 2. The molecule has 0 spiro atoms. The minimum absolute atomic E-state index is 0.135. The van der Waals surface area contributed by atoms with Crippen molar-refractivity contribution >= 4 is 17.7 Å². The number of benzene rings is 1. The van der Waals surface area contributed by atoms with Crippen molar-refractivity contribution in [2.24, 2.45) is 0 Å². The molecule has 0 fully saturated rings. The van der Waals surface area contributed by atoms with Gasteiger partial charge in [0, 0.05) is 27.2 Å². The molecule has 1 rings (SSSR count). The minimum Gasteiger partial charge on any atom is -0.445 e. The van der Waals surface area contributed by atoms with Gasteiger partial charge < -0.3 is 14.5 Å². The van der Waals surface area contributed by atoms with Gasteiger partial charge in [-0.15, -0.1) is 0 Å². The predicted octanol–water partition coefficient (Wildman–Crippen LogP) is 1.70. The van der Waals surface area contributed by atoms with Crippen molar-refractivity contribution in [2.45, 2.75) is 6.61 Å². The summed E-state index contributed by atoms with van der Waals surface area (Å²) in [6.45, 7) is 4.30. The third-order valence-electron chi connectivity index (χ3n) is 3.08. The third-order valence-corrected chi connectivity index (χ3v) is 3.08. The second kappa shape index (κ2) is 8.68. The zero-order valence-electron chi connectivity index (χ0n) is 12.8. The molecule has 1 aromatic rings.